The largest absolute Gasteiger partial charge is 0.452 e. The number of carbonyl (C=O) groups excluding carboxylic acids is 3. The Balaban J connectivity index is 2.96. The molecule has 7 atom stereocenters. The first-order valence-electron chi connectivity index (χ1n) is 16.9. The van der Waals surface area contributed by atoms with Gasteiger partial charge in [0.15, 0.2) is 6.10 Å². The minimum absolute atomic E-state index is 0.113. The molecular formula is C35H61NO8. The van der Waals surface area contributed by atoms with Gasteiger partial charge in [0.1, 0.15) is 5.78 Å². The van der Waals surface area contributed by atoms with Crippen molar-refractivity contribution in [2.45, 2.75) is 142 Å². The van der Waals surface area contributed by atoms with E-state index in [0.717, 1.165) is 44.1 Å². The molecule has 0 radical (unpaired) electrons. The number of hydrogen-bond donors (Lipinski definition) is 4. The van der Waals surface area contributed by atoms with Crippen LogP contribution in [-0.2, 0) is 23.9 Å². The van der Waals surface area contributed by atoms with E-state index in [2.05, 4.69) is 25.2 Å². The van der Waals surface area contributed by atoms with Crippen LogP contribution < -0.4 is 5.32 Å². The van der Waals surface area contributed by atoms with Gasteiger partial charge in [0.05, 0.1) is 30.8 Å². The monoisotopic (exact) mass is 623 g/mol. The number of amides is 1. The van der Waals surface area contributed by atoms with E-state index in [0.29, 0.717) is 56.8 Å². The second kappa shape index (κ2) is 23.3. The van der Waals surface area contributed by atoms with Crippen LogP contribution in [0.25, 0.3) is 0 Å². The van der Waals surface area contributed by atoms with Gasteiger partial charge in [-0.15, -0.1) is 0 Å². The lowest BCUT2D eigenvalue weighted by Crippen LogP contribution is -2.43. The second-order valence-electron chi connectivity index (χ2n) is 12.8. The Kier molecular flexibility index (Phi) is 21.2. The molecule has 0 aromatic carbocycles. The van der Waals surface area contributed by atoms with Crippen LogP contribution in [0.5, 0.6) is 0 Å². The number of cyclic esters (lactones) is 1. The molecule has 1 amide bonds. The van der Waals surface area contributed by atoms with Crippen molar-refractivity contribution in [2.24, 2.45) is 17.8 Å². The van der Waals surface area contributed by atoms with Crippen LogP contribution in [-0.4, -0.2) is 77.7 Å². The minimum atomic E-state index is -1.17. The average molecular weight is 624 g/mol. The fraction of sp³-hybridized carbons (Fsp3) is 0.800. The van der Waals surface area contributed by atoms with Crippen LogP contribution in [0.15, 0.2) is 23.8 Å². The molecule has 0 aliphatic carbocycles. The summed E-state index contributed by atoms with van der Waals surface area (Å²) in [7, 11) is 1.61. The second-order valence-corrected chi connectivity index (χ2v) is 12.8. The van der Waals surface area contributed by atoms with Crippen LogP contribution in [0.2, 0.25) is 0 Å². The van der Waals surface area contributed by atoms with Gasteiger partial charge in [-0.2, -0.15) is 0 Å². The Hall–Kier alpha value is -2.07. The summed E-state index contributed by atoms with van der Waals surface area (Å²) in [4.78, 5) is 38.1. The fourth-order valence-corrected chi connectivity index (χ4v) is 5.63. The summed E-state index contributed by atoms with van der Waals surface area (Å²) in [5.74, 6) is -0.318. The van der Waals surface area contributed by atoms with Gasteiger partial charge in [-0.1, -0.05) is 65.2 Å². The van der Waals surface area contributed by atoms with Gasteiger partial charge in [0.2, 0.25) is 0 Å². The van der Waals surface area contributed by atoms with Gasteiger partial charge in [0, 0.05) is 32.9 Å². The third-order valence-electron chi connectivity index (χ3n) is 8.49. The van der Waals surface area contributed by atoms with E-state index < -0.39 is 36.3 Å². The molecule has 0 fully saturated rings. The maximum atomic E-state index is 12.8. The van der Waals surface area contributed by atoms with Gasteiger partial charge in [-0.3, -0.25) is 14.4 Å². The molecule has 9 heteroatoms. The lowest BCUT2D eigenvalue weighted by atomic mass is 9.92. The summed E-state index contributed by atoms with van der Waals surface area (Å²) in [5.41, 5.74) is 0.973. The Morgan fingerprint density at radius 3 is 2.34 bits per heavy atom. The van der Waals surface area contributed by atoms with E-state index in [1.807, 2.05) is 26.0 Å². The highest BCUT2D eigenvalue weighted by atomic mass is 16.5. The van der Waals surface area contributed by atoms with E-state index >= 15 is 0 Å². The Bertz CT molecular complexity index is 888. The number of carbonyl (C=O) groups is 3. The number of nitrogens with one attached hydrogen (secondary N) is 1. The predicted octanol–water partition coefficient (Wildman–Crippen LogP) is 5.20. The van der Waals surface area contributed by atoms with Gasteiger partial charge in [0.25, 0.3) is 5.91 Å². The molecule has 0 spiro atoms. The topological polar surface area (TPSA) is 142 Å². The first-order valence-corrected chi connectivity index (χ1v) is 16.9. The average Bonchev–Trinajstić information content (AvgIpc) is 2.98. The third-order valence-corrected chi connectivity index (χ3v) is 8.49. The van der Waals surface area contributed by atoms with Crippen molar-refractivity contribution in [3.63, 3.8) is 0 Å². The van der Waals surface area contributed by atoms with Crippen molar-refractivity contribution < 1.29 is 39.2 Å². The van der Waals surface area contributed by atoms with Gasteiger partial charge in [-0.05, 0) is 68.8 Å². The predicted molar refractivity (Wildman–Crippen MR) is 173 cm³/mol. The van der Waals surface area contributed by atoms with Crippen LogP contribution in [0.4, 0.5) is 0 Å². The maximum absolute atomic E-state index is 12.8. The molecule has 0 saturated carbocycles. The van der Waals surface area contributed by atoms with E-state index in [-0.39, 0.29) is 31.2 Å². The number of esters is 1. The van der Waals surface area contributed by atoms with Crippen molar-refractivity contribution in [2.75, 3.05) is 20.3 Å². The molecule has 0 saturated heterocycles. The lowest BCUT2D eigenvalue weighted by Gasteiger charge is -2.23. The number of hydrogen-bond acceptors (Lipinski definition) is 8. The van der Waals surface area contributed by atoms with E-state index in [1.165, 1.54) is 0 Å². The molecule has 1 heterocycles. The Labute approximate surface area is 265 Å². The van der Waals surface area contributed by atoms with E-state index in [9.17, 15) is 29.7 Å². The molecular weight excluding hydrogens is 562 g/mol. The fourth-order valence-electron chi connectivity index (χ4n) is 5.63. The number of rotatable bonds is 5. The molecule has 1 aliphatic heterocycles. The normalized spacial score (nSPS) is 32.8. The third kappa shape index (κ3) is 17.4. The molecule has 1 rings (SSSR count). The van der Waals surface area contributed by atoms with Crippen LogP contribution in [0.3, 0.4) is 0 Å². The number of Topliss-reactive ketones (excluding diaryl/α,β-unsaturated/α-hetero) is 1. The quantitative estimate of drug-likeness (QED) is 0.306. The van der Waals surface area contributed by atoms with Crippen molar-refractivity contribution in [3.05, 3.63) is 23.8 Å². The summed E-state index contributed by atoms with van der Waals surface area (Å²) >= 11 is 0. The van der Waals surface area contributed by atoms with Crippen LogP contribution in [0, 0.1) is 17.8 Å². The highest BCUT2D eigenvalue weighted by molar-refractivity contribution is 5.84. The number of allylic oxidation sites excluding steroid dienone is 3. The van der Waals surface area contributed by atoms with Crippen molar-refractivity contribution >= 4 is 17.7 Å². The van der Waals surface area contributed by atoms with Crippen LogP contribution in [0.1, 0.15) is 118 Å². The van der Waals surface area contributed by atoms with Gasteiger partial charge < -0.3 is 30.1 Å². The zero-order chi connectivity index (χ0) is 32.9. The van der Waals surface area contributed by atoms with Crippen LogP contribution >= 0.6 is 0 Å². The first kappa shape index (κ1) is 40.0. The molecule has 0 aromatic heterocycles. The molecule has 4 N–H and O–H groups in total. The van der Waals surface area contributed by atoms with Gasteiger partial charge >= 0.3 is 5.97 Å². The Morgan fingerprint density at radius 2 is 1.66 bits per heavy atom. The zero-order valence-corrected chi connectivity index (χ0v) is 28.0. The van der Waals surface area contributed by atoms with E-state index in [1.54, 1.807) is 7.11 Å². The highest BCUT2D eigenvalue weighted by Gasteiger charge is 2.27. The van der Waals surface area contributed by atoms with E-state index in [4.69, 9.17) is 9.47 Å². The molecule has 1 aliphatic rings. The number of methoxy groups -OCH3 is 1. The summed E-state index contributed by atoms with van der Waals surface area (Å²) < 4.78 is 10.9. The lowest BCUT2D eigenvalue weighted by molar-refractivity contribution is -0.160. The van der Waals surface area contributed by atoms with Gasteiger partial charge in [-0.25, -0.2) is 0 Å². The van der Waals surface area contributed by atoms with Crippen molar-refractivity contribution in [1.82, 2.24) is 5.32 Å². The summed E-state index contributed by atoms with van der Waals surface area (Å²) in [6, 6.07) is 0. The molecule has 4 unspecified atom stereocenters. The molecule has 254 valence electrons. The molecule has 0 aromatic rings. The number of β-amino-alcohol motifs (C(OH)–C–C–N with tert-alkyl or cyclic N) is 1. The molecule has 44 heavy (non-hydrogen) atoms. The SMILES string of the molecule is CCC[C@@H]1OC(=O)[C@@H](C)CC(C)CCCCC(=O)CCCC(CC)/C=C/C=C(\COC)CCC(O)C(O)C[C@H](O)CNC1=O. The summed E-state index contributed by atoms with van der Waals surface area (Å²) in [6.07, 6.45) is 10.9. The summed E-state index contributed by atoms with van der Waals surface area (Å²) in [5, 5.41) is 34.1. The number of ketones is 1. The highest BCUT2D eigenvalue weighted by Crippen LogP contribution is 2.22. The maximum Gasteiger partial charge on any atom is 0.309 e. The zero-order valence-electron chi connectivity index (χ0n) is 28.0. The van der Waals surface area contributed by atoms with Crippen molar-refractivity contribution in [1.29, 1.82) is 0 Å². The Morgan fingerprint density at radius 1 is 0.932 bits per heavy atom. The standard InChI is InChI=1S/C35H61NO8/c1-6-12-33-34(41)36-23-30(38)22-32(40)31(39)20-19-28(24-43-5)16-10-14-27(7-2)15-11-18-29(37)17-9-8-13-25(3)21-26(4)35(42)44-33/h10,14,16,25-27,30-33,38-40H,6-9,11-13,15,17-24H2,1-5H3,(H,36,41)/b14-10+,28-16-/t25?,26-,27?,30-,31?,32?,33-/m0/s1. The molecule has 9 nitrogen and oxygen atoms in total. The molecule has 0 bridgehead atoms. The van der Waals surface area contributed by atoms with Crippen molar-refractivity contribution in [3.8, 4) is 0 Å². The number of aliphatic hydroxyl groups is 3. The first-order chi connectivity index (χ1) is 21.0. The number of aliphatic hydroxyl groups excluding tert-OH is 3. The number of ether oxygens (including phenoxy) is 2. The summed E-state index contributed by atoms with van der Waals surface area (Å²) in [6.45, 7) is 8.21. The smallest absolute Gasteiger partial charge is 0.309 e. The minimum Gasteiger partial charge on any atom is -0.452 e.